The maximum atomic E-state index is 13.8. The SMILES string of the molecule is CCC1=C2[C@@H](CC/C(=C/c3cc(Br)ccc3O)c3ccccn3)OC[C@@H]2[C@@H]2C(=O)N(C3CCCCC3)C(=O)[C@@H]2C1. The van der Waals surface area contributed by atoms with Crippen molar-refractivity contribution in [3.05, 3.63) is 69.5 Å². The van der Waals surface area contributed by atoms with E-state index in [2.05, 4.69) is 27.8 Å². The largest absolute Gasteiger partial charge is 0.507 e. The zero-order chi connectivity index (χ0) is 27.8. The van der Waals surface area contributed by atoms with Gasteiger partial charge in [0.05, 0.1) is 30.2 Å². The van der Waals surface area contributed by atoms with E-state index in [1.54, 1.807) is 17.2 Å². The van der Waals surface area contributed by atoms with Gasteiger partial charge in [0, 0.05) is 28.2 Å². The Morgan fingerprint density at radius 3 is 2.70 bits per heavy atom. The van der Waals surface area contributed by atoms with Crippen molar-refractivity contribution in [2.24, 2.45) is 17.8 Å². The van der Waals surface area contributed by atoms with Gasteiger partial charge in [-0.25, -0.2) is 0 Å². The van der Waals surface area contributed by atoms with Crippen LogP contribution >= 0.6 is 15.9 Å². The molecular weight excluding hydrogens is 568 g/mol. The summed E-state index contributed by atoms with van der Waals surface area (Å²) in [5.74, 6) is -0.208. The molecule has 4 atom stereocenters. The number of pyridine rings is 1. The number of halogens is 1. The Hall–Kier alpha value is -2.77. The van der Waals surface area contributed by atoms with Gasteiger partial charge in [-0.1, -0.05) is 53.8 Å². The van der Waals surface area contributed by atoms with Crippen molar-refractivity contribution < 1.29 is 19.4 Å². The maximum absolute atomic E-state index is 13.8. The number of hydrogen-bond acceptors (Lipinski definition) is 5. The Kier molecular flexibility index (Phi) is 7.95. The summed E-state index contributed by atoms with van der Waals surface area (Å²) < 4.78 is 7.33. The molecule has 40 heavy (non-hydrogen) atoms. The summed E-state index contributed by atoms with van der Waals surface area (Å²) in [6.45, 7) is 2.65. The minimum absolute atomic E-state index is 0.0138. The van der Waals surface area contributed by atoms with Gasteiger partial charge < -0.3 is 9.84 Å². The zero-order valence-electron chi connectivity index (χ0n) is 23.0. The number of aromatic hydroxyl groups is 1. The minimum Gasteiger partial charge on any atom is -0.507 e. The van der Waals surface area contributed by atoms with Crippen molar-refractivity contribution in [3.63, 3.8) is 0 Å². The lowest BCUT2D eigenvalue weighted by atomic mass is 9.69. The number of fused-ring (bicyclic) bond motifs is 3. The van der Waals surface area contributed by atoms with Gasteiger partial charge in [-0.3, -0.25) is 19.5 Å². The number of amides is 2. The number of phenols is 1. The quantitative estimate of drug-likeness (QED) is 0.274. The number of phenolic OH excluding ortho intramolecular Hbond substituents is 1. The van der Waals surface area contributed by atoms with E-state index in [0.29, 0.717) is 19.4 Å². The molecule has 0 radical (unpaired) electrons. The topological polar surface area (TPSA) is 79.7 Å². The molecule has 6 rings (SSSR count). The van der Waals surface area contributed by atoms with Crippen LogP contribution in [0.4, 0.5) is 0 Å². The van der Waals surface area contributed by atoms with E-state index >= 15 is 0 Å². The van der Waals surface area contributed by atoms with Crippen LogP contribution in [-0.4, -0.2) is 45.6 Å². The standard InChI is InChI=1S/C33H37BrN2O4/c1-2-20-18-25-31(33(39)36(32(25)38)24-8-4-3-5-9-24)26-19-40-29(30(20)26)14-11-21(27-10-6-7-15-35-27)16-22-17-23(34)12-13-28(22)37/h6-7,10,12-13,15-17,24-26,29,31,37H,2-5,8-9,11,14,18-19H2,1H3/b21-16-/t25-,26+,29-,31-/m1/s1. The predicted octanol–water partition coefficient (Wildman–Crippen LogP) is 6.93. The number of ether oxygens (including phenoxy) is 1. The summed E-state index contributed by atoms with van der Waals surface area (Å²) in [5, 5.41) is 10.5. The third kappa shape index (κ3) is 5.07. The number of likely N-dealkylation sites (tertiary alicyclic amines) is 1. The molecule has 1 aromatic heterocycles. The van der Waals surface area contributed by atoms with E-state index in [1.807, 2.05) is 36.4 Å². The van der Waals surface area contributed by atoms with Gasteiger partial charge in [-0.2, -0.15) is 0 Å². The highest BCUT2D eigenvalue weighted by Gasteiger charge is 2.57. The molecule has 7 heteroatoms. The van der Waals surface area contributed by atoms with Gasteiger partial charge in [0.25, 0.3) is 0 Å². The number of rotatable bonds is 7. The Balaban J connectivity index is 1.26. The first-order valence-electron chi connectivity index (χ1n) is 14.8. The summed E-state index contributed by atoms with van der Waals surface area (Å²) in [4.78, 5) is 33.6. The number of benzene rings is 1. The van der Waals surface area contributed by atoms with Crippen molar-refractivity contribution in [3.8, 4) is 5.75 Å². The lowest BCUT2D eigenvalue weighted by molar-refractivity contribution is -0.143. The number of hydrogen-bond donors (Lipinski definition) is 1. The average molecular weight is 606 g/mol. The Labute approximate surface area is 244 Å². The molecule has 3 fully saturated rings. The molecule has 2 amide bonds. The molecule has 2 aliphatic heterocycles. The summed E-state index contributed by atoms with van der Waals surface area (Å²) in [6, 6.07) is 11.3. The number of carbonyl (C=O) groups is 2. The normalized spacial score (nSPS) is 27.4. The van der Waals surface area contributed by atoms with Crippen molar-refractivity contribution in [1.82, 2.24) is 9.88 Å². The van der Waals surface area contributed by atoms with Crippen molar-refractivity contribution in [1.29, 1.82) is 0 Å². The molecule has 210 valence electrons. The van der Waals surface area contributed by atoms with Gasteiger partial charge in [0.1, 0.15) is 5.75 Å². The van der Waals surface area contributed by atoms with Crippen LogP contribution in [0, 0.1) is 17.8 Å². The number of imide groups is 1. The first kappa shape index (κ1) is 27.4. The Morgan fingerprint density at radius 1 is 1.12 bits per heavy atom. The molecule has 2 saturated heterocycles. The highest BCUT2D eigenvalue weighted by molar-refractivity contribution is 9.10. The van der Waals surface area contributed by atoms with E-state index in [1.165, 1.54) is 17.6 Å². The molecule has 6 nitrogen and oxygen atoms in total. The highest BCUT2D eigenvalue weighted by atomic mass is 79.9. The second kappa shape index (κ2) is 11.6. The van der Waals surface area contributed by atoms with Crippen LogP contribution in [0.25, 0.3) is 11.6 Å². The maximum Gasteiger partial charge on any atom is 0.234 e. The fourth-order valence-corrected chi connectivity index (χ4v) is 7.86. The summed E-state index contributed by atoms with van der Waals surface area (Å²) in [7, 11) is 0. The monoisotopic (exact) mass is 604 g/mol. The predicted molar refractivity (Wildman–Crippen MR) is 158 cm³/mol. The minimum atomic E-state index is -0.283. The number of carbonyl (C=O) groups excluding carboxylic acids is 2. The van der Waals surface area contributed by atoms with Crippen LogP contribution in [0.1, 0.15) is 76.0 Å². The second-order valence-corrected chi connectivity index (χ2v) is 12.6. The van der Waals surface area contributed by atoms with Crippen LogP contribution in [-0.2, 0) is 14.3 Å². The van der Waals surface area contributed by atoms with Crippen molar-refractivity contribution >= 4 is 39.4 Å². The number of aromatic nitrogens is 1. The number of nitrogens with zero attached hydrogens (tertiary/aromatic N) is 2. The third-order valence-corrected chi connectivity index (χ3v) is 9.89. The van der Waals surface area contributed by atoms with E-state index < -0.39 is 0 Å². The van der Waals surface area contributed by atoms with Crippen molar-refractivity contribution in [2.75, 3.05) is 6.61 Å². The second-order valence-electron chi connectivity index (χ2n) is 11.6. The molecule has 1 saturated carbocycles. The molecule has 3 heterocycles. The number of allylic oxidation sites excluding steroid dienone is 2. The fourth-order valence-electron chi connectivity index (χ4n) is 7.48. The van der Waals surface area contributed by atoms with Gasteiger partial charge in [0.2, 0.25) is 11.8 Å². The van der Waals surface area contributed by atoms with Crippen molar-refractivity contribution in [2.45, 2.75) is 76.9 Å². The molecule has 4 aliphatic rings. The van der Waals surface area contributed by atoms with E-state index in [9.17, 15) is 14.7 Å². The van der Waals surface area contributed by atoms with Gasteiger partial charge >= 0.3 is 0 Å². The molecule has 0 spiro atoms. The highest BCUT2D eigenvalue weighted by Crippen LogP contribution is 2.51. The van der Waals surface area contributed by atoms with Crippen LogP contribution in [0.2, 0.25) is 0 Å². The molecule has 0 unspecified atom stereocenters. The first-order valence-corrected chi connectivity index (χ1v) is 15.6. The van der Waals surface area contributed by atoms with Crippen LogP contribution in [0.15, 0.2) is 58.2 Å². The summed E-state index contributed by atoms with van der Waals surface area (Å²) in [5.41, 5.74) is 5.18. The zero-order valence-corrected chi connectivity index (χ0v) is 24.6. The van der Waals surface area contributed by atoms with Crippen LogP contribution in [0.3, 0.4) is 0 Å². The van der Waals surface area contributed by atoms with Gasteiger partial charge in [0.15, 0.2) is 0 Å². The summed E-state index contributed by atoms with van der Waals surface area (Å²) >= 11 is 3.51. The average Bonchev–Trinajstić information content (AvgIpc) is 3.51. The summed E-state index contributed by atoms with van der Waals surface area (Å²) in [6.07, 6.45) is 12.0. The van der Waals surface area contributed by atoms with Gasteiger partial charge in [-0.15, -0.1) is 0 Å². The van der Waals surface area contributed by atoms with Gasteiger partial charge in [-0.05, 0) is 86.1 Å². The molecule has 2 aliphatic carbocycles. The molecule has 2 aromatic rings. The lowest BCUT2D eigenvalue weighted by Gasteiger charge is -2.31. The smallest absolute Gasteiger partial charge is 0.234 e. The van der Waals surface area contributed by atoms with Crippen LogP contribution < -0.4 is 0 Å². The molecule has 1 N–H and O–H groups in total. The Bertz CT molecular complexity index is 1350. The Morgan fingerprint density at radius 2 is 1.95 bits per heavy atom. The lowest BCUT2D eigenvalue weighted by Crippen LogP contribution is -2.42. The molecule has 0 bridgehead atoms. The molecular formula is C33H37BrN2O4. The van der Waals surface area contributed by atoms with E-state index in [0.717, 1.165) is 59.8 Å². The van der Waals surface area contributed by atoms with E-state index in [4.69, 9.17) is 4.74 Å². The molecule has 1 aromatic carbocycles. The fraction of sp³-hybridized carbons (Fsp3) is 0.485. The van der Waals surface area contributed by atoms with Crippen LogP contribution in [0.5, 0.6) is 5.75 Å². The van der Waals surface area contributed by atoms with E-state index in [-0.39, 0.29) is 47.5 Å². The third-order valence-electron chi connectivity index (χ3n) is 9.40. The first-order chi connectivity index (χ1) is 19.5.